The van der Waals surface area contributed by atoms with Crippen LogP contribution in [0, 0.1) is 5.92 Å². The zero-order valence-corrected chi connectivity index (χ0v) is 25.1. The minimum absolute atomic E-state index is 0.0562. The average Bonchev–Trinajstić information content (AvgIpc) is 3.70. The largest absolute Gasteiger partial charge is 0.489 e. The number of carbonyl (C=O) groups is 2. The summed E-state index contributed by atoms with van der Waals surface area (Å²) in [6, 6.07) is 7.69. The number of nitrogens with two attached hydrogens (primary N) is 1. The minimum atomic E-state index is -3.05. The number of nitrogens with one attached hydrogen (secondary N) is 1. The van der Waals surface area contributed by atoms with Gasteiger partial charge in [0.2, 0.25) is 0 Å². The Kier molecular flexibility index (Phi) is 10.2. The van der Waals surface area contributed by atoms with Gasteiger partial charge in [-0.25, -0.2) is 9.78 Å². The van der Waals surface area contributed by atoms with Crippen LogP contribution < -0.4 is 20.2 Å². The van der Waals surface area contributed by atoms with Gasteiger partial charge in [-0.15, -0.1) is 11.8 Å². The monoisotopic (exact) mass is 653 g/mol. The first-order valence-corrected chi connectivity index (χ1v) is 15.4. The molecule has 2 fully saturated rings. The number of nitrogens with zero attached hydrogens (tertiary/aromatic N) is 2. The number of aromatic amines is 1. The van der Waals surface area contributed by atoms with Crippen molar-refractivity contribution in [1.82, 2.24) is 9.88 Å². The molecule has 2 aliphatic rings. The Labute approximate surface area is 261 Å². The second-order valence-corrected chi connectivity index (χ2v) is 12.1. The van der Waals surface area contributed by atoms with Crippen LogP contribution in [0.2, 0.25) is 10.0 Å². The van der Waals surface area contributed by atoms with Crippen LogP contribution in [0.1, 0.15) is 46.1 Å². The number of carbonyl (C=O) groups excluding carboxylic acids is 2. The molecule has 1 unspecified atom stereocenters. The van der Waals surface area contributed by atoms with Crippen LogP contribution >= 0.6 is 35.0 Å². The van der Waals surface area contributed by atoms with Crippen molar-refractivity contribution in [3.63, 3.8) is 0 Å². The number of hydrogen-bond donors (Lipinski definition) is 1. The van der Waals surface area contributed by atoms with E-state index in [1.165, 1.54) is 41.1 Å². The number of rotatable bonds is 12. The van der Waals surface area contributed by atoms with Crippen LogP contribution in [0.25, 0.3) is 0 Å². The van der Waals surface area contributed by atoms with Gasteiger partial charge in [-0.2, -0.15) is 8.78 Å². The molecule has 1 amide bonds. The maximum atomic E-state index is 13.7. The highest BCUT2D eigenvalue weighted by molar-refractivity contribution is 8.00. The molecule has 9 nitrogen and oxygen atoms in total. The quantitative estimate of drug-likeness (QED) is 0.269. The Morgan fingerprint density at radius 1 is 1.14 bits per heavy atom. The lowest BCUT2D eigenvalue weighted by atomic mass is 10.0. The van der Waals surface area contributed by atoms with E-state index in [-0.39, 0.29) is 30.2 Å². The Hall–Kier alpha value is -3.19. The van der Waals surface area contributed by atoms with Gasteiger partial charge in [0.1, 0.15) is 21.8 Å². The number of thioether (sulfide) groups is 1. The molecule has 14 heteroatoms. The van der Waals surface area contributed by atoms with E-state index < -0.39 is 30.0 Å². The molecule has 1 aliphatic heterocycles. The fourth-order valence-electron chi connectivity index (χ4n) is 4.54. The predicted molar refractivity (Wildman–Crippen MR) is 156 cm³/mol. The first-order chi connectivity index (χ1) is 20.7. The van der Waals surface area contributed by atoms with E-state index in [9.17, 15) is 18.4 Å². The number of pyridine rings is 2. The second-order valence-electron chi connectivity index (χ2n) is 10.1. The summed E-state index contributed by atoms with van der Waals surface area (Å²) in [7, 11) is 0. The second kappa shape index (κ2) is 14.1. The van der Waals surface area contributed by atoms with Crippen LogP contribution in [0.15, 0.2) is 48.9 Å². The first kappa shape index (κ1) is 31.2. The zero-order valence-electron chi connectivity index (χ0n) is 22.8. The van der Waals surface area contributed by atoms with Crippen LogP contribution in [-0.2, 0) is 22.5 Å². The van der Waals surface area contributed by atoms with Gasteiger partial charge >= 0.3 is 12.6 Å². The molecule has 2 aromatic heterocycles. The molecule has 1 aliphatic carbocycles. The van der Waals surface area contributed by atoms with E-state index in [0.29, 0.717) is 46.0 Å². The summed E-state index contributed by atoms with van der Waals surface area (Å²) >= 11 is 14.1. The fourth-order valence-corrected chi connectivity index (χ4v) is 6.17. The third kappa shape index (κ3) is 7.86. The van der Waals surface area contributed by atoms with Crippen LogP contribution in [0.4, 0.5) is 8.78 Å². The third-order valence-electron chi connectivity index (χ3n) is 7.00. The molecule has 2 atom stereocenters. The van der Waals surface area contributed by atoms with Gasteiger partial charge in [-0.05, 0) is 54.2 Å². The van der Waals surface area contributed by atoms with E-state index in [4.69, 9.17) is 38.4 Å². The summed E-state index contributed by atoms with van der Waals surface area (Å²) in [6.45, 7) is -2.16. The van der Waals surface area contributed by atoms with Gasteiger partial charge in [-0.3, -0.25) is 9.78 Å². The molecule has 43 heavy (non-hydrogen) atoms. The van der Waals surface area contributed by atoms with Crippen molar-refractivity contribution in [2.45, 2.75) is 43.9 Å². The van der Waals surface area contributed by atoms with E-state index in [1.807, 2.05) is 0 Å². The maximum absolute atomic E-state index is 13.7. The number of esters is 1. The van der Waals surface area contributed by atoms with Gasteiger partial charge in [0.15, 0.2) is 29.3 Å². The number of halogens is 4. The number of H-pyrrole nitrogens is 1. The highest BCUT2D eigenvalue weighted by Gasteiger charge is 2.38. The molecule has 1 saturated heterocycles. The molecule has 1 aromatic carbocycles. The van der Waals surface area contributed by atoms with Crippen molar-refractivity contribution in [3.05, 3.63) is 81.4 Å². The number of amides is 1. The summed E-state index contributed by atoms with van der Waals surface area (Å²) < 4.78 is 42.8. The number of ether oxygens (including phenoxy) is 3. The number of hydrogen-bond acceptors (Lipinski definition) is 8. The molecule has 5 rings (SSSR count). The van der Waals surface area contributed by atoms with E-state index in [1.54, 1.807) is 24.5 Å². The van der Waals surface area contributed by atoms with Gasteiger partial charge in [0.05, 0.1) is 6.61 Å². The molecule has 228 valence electrons. The minimum Gasteiger partial charge on any atom is -0.489 e. The Morgan fingerprint density at radius 2 is 1.91 bits per heavy atom. The van der Waals surface area contributed by atoms with Gasteiger partial charge in [0.25, 0.3) is 5.91 Å². The molecule has 0 radical (unpaired) electrons. The van der Waals surface area contributed by atoms with Crippen molar-refractivity contribution in [1.29, 1.82) is 0 Å². The van der Waals surface area contributed by atoms with Crippen LogP contribution in [0.3, 0.4) is 0 Å². The molecule has 1 saturated carbocycles. The van der Waals surface area contributed by atoms with Gasteiger partial charge in [-0.1, -0.05) is 29.3 Å². The molecular formula is C29H29Cl2F2N4O5S+. The third-order valence-corrected chi connectivity index (χ3v) is 8.86. The van der Waals surface area contributed by atoms with E-state index in [2.05, 4.69) is 14.7 Å². The van der Waals surface area contributed by atoms with Crippen LogP contribution in [0.5, 0.6) is 11.5 Å². The lowest BCUT2D eigenvalue weighted by Gasteiger charge is -2.26. The lowest BCUT2D eigenvalue weighted by molar-refractivity contribution is -0.377. The van der Waals surface area contributed by atoms with Crippen molar-refractivity contribution in [2.24, 2.45) is 11.7 Å². The lowest BCUT2D eigenvalue weighted by Crippen LogP contribution is -2.41. The highest BCUT2D eigenvalue weighted by atomic mass is 35.5. The smallest absolute Gasteiger partial charge is 0.387 e. The Morgan fingerprint density at radius 3 is 2.60 bits per heavy atom. The summed E-state index contributed by atoms with van der Waals surface area (Å²) in [5.74, 6) is -0.269. The highest BCUT2D eigenvalue weighted by Crippen LogP contribution is 2.38. The number of alkyl halides is 2. The van der Waals surface area contributed by atoms with Crippen molar-refractivity contribution < 1.29 is 37.6 Å². The molecule has 0 bridgehead atoms. The van der Waals surface area contributed by atoms with Crippen molar-refractivity contribution >= 4 is 46.8 Å². The van der Waals surface area contributed by atoms with E-state index in [0.717, 1.165) is 18.4 Å². The molecular weight excluding hydrogens is 625 g/mol. The number of aromatic nitrogens is 2. The fraction of sp³-hybridized carbons (Fsp3) is 0.379. The maximum Gasteiger partial charge on any atom is 0.387 e. The summed E-state index contributed by atoms with van der Waals surface area (Å²) in [6.07, 6.45) is 5.66. The van der Waals surface area contributed by atoms with Crippen LogP contribution in [-0.4, -0.2) is 52.7 Å². The zero-order chi connectivity index (χ0) is 30.5. The topological polar surface area (TPSA) is 118 Å². The van der Waals surface area contributed by atoms with Gasteiger partial charge < -0.3 is 24.8 Å². The number of benzene rings is 1. The SMILES string of the molecule is NCc1ccnc(C(=O)N2CCSC2C(=O)O[C@@H](Cc2c(Cl)c[nH+]cc2Cl)c2ccc(OC(F)F)c(OCC3CC3)c2)c1. The van der Waals surface area contributed by atoms with Crippen molar-refractivity contribution in [2.75, 3.05) is 18.9 Å². The van der Waals surface area contributed by atoms with Crippen molar-refractivity contribution in [3.8, 4) is 11.5 Å². The Bertz CT molecular complexity index is 1460. The summed E-state index contributed by atoms with van der Waals surface area (Å²) in [4.78, 5) is 35.4. The standard InChI is InChI=1S/C29H28Cl2F2N4O5S/c30-20-13-35-14-21(31)19(20)11-24(18-3-4-23(42-29(32)33)25(10-18)40-15-16-1-2-16)41-28(39)27-37(7-8-43-27)26(38)22-9-17(12-34)5-6-36-22/h3-6,9-10,13-14,16,24,27,29H,1-2,7-8,11-12,15,34H2/p+1/t24-,27?/m0/s1. The molecule has 3 N–H and O–H groups in total. The first-order valence-electron chi connectivity index (χ1n) is 13.6. The predicted octanol–water partition coefficient (Wildman–Crippen LogP) is 5.09. The van der Waals surface area contributed by atoms with Gasteiger partial charge in [0, 0.05) is 37.0 Å². The normalized spacial score (nSPS) is 17.2. The van der Waals surface area contributed by atoms with E-state index >= 15 is 0 Å². The molecule has 3 heterocycles. The molecule has 0 spiro atoms. The Balaban J connectivity index is 1.43. The molecule has 3 aromatic rings. The summed E-state index contributed by atoms with van der Waals surface area (Å²) in [5, 5.41) is -0.316. The average molecular weight is 655 g/mol. The summed E-state index contributed by atoms with van der Waals surface area (Å²) in [5.41, 5.74) is 7.57.